The number of carbonyl (C=O) groups excluding carboxylic acids is 2. The Kier molecular flexibility index (Phi) is 3.02. The Balaban J connectivity index is 2.32. The molecular formula is C11H10ClFN2O2. The second-order valence-electron chi connectivity index (χ2n) is 3.88. The lowest BCUT2D eigenvalue weighted by molar-refractivity contribution is -0.123. The second kappa shape index (κ2) is 4.33. The van der Waals surface area contributed by atoms with Crippen molar-refractivity contribution in [3.05, 3.63) is 29.0 Å². The summed E-state index contributed by atoms with van der Waals surface area (Å²) in [4.78, 5) is 23.9. The first-order chi connectivity index (χ1) is 8.00. The third-order valence-corrected chi connectivity index (χ3v) is 3.04. The highest BCUT2D eigenvalue weighted by atomic mass is 35.5. The van der Waals surface area contributed by atoms with Crippen LogP contribution in [-0.2, 0) is 9.59 Å². The number of anilines is 1. The van der Waals surface area contributed by atoms with Crippen LogP contribution in [0.5, 0.6) is 0 Å². The van der Waals surface area contributed by atoms with E-state index in [2.05, 4.69) is 0 Å². The highest BCUT2D eigenvalue weighted by molar-refractivity contribution is 6.31. The molecule has 0 radical (unpaired) electrons. The number of rotatable bonds is 2. The average molecular weight is 257 g/mol. The smallest absolute Gasteiger partial charge is 0.227 e. The average Bonchev–Trinajstić information content (AvgIpc) is 2.65. The zero-order chi connectivity index (χ0) is 12.6. The minimum Gasteiger partial charge on any atom is -0.369 e. The summed E-state index contributed by atoms with van der Waals surface area (Å²) in [5.41, 5.74) is 5.22. The Hall–Kier alpha value is -1.62. The molecule has 1 fully saturated rings. The van der Waals surface area contributed by atoms with Gasteiger partial charge in [-0.3, -0.25) is 9.59 Å². The fourth-order valence-corrected chi connectivity index (χ4v) is 2.00. The molecule has 17 heavy (non-hydrogen) atoms. The van der Waals surface area contributed by atoms with Crippen LogP contribution in [0.2, 0.25) is 5.02 Å². The fraction of sp³-hybridized carbons (Fsp3) is 0.273. The predicted octanol–water partition coefficient (Wildman–Crippen LogP) is 1.32. The number of benzene rings is 1. The molecule has 1 atom stereocenters. The largest absolute Gasteiger partial charge is 0.369 e. The third kappa shape index (κ3) is 2.10. The van der Waals surface area contributed by atoms with E-state index in [1.54, 1.807) is 6.07 Å². The van der Waals surface area contributed by atoms with Crippen molar-refractivity contribution in [1.82, 2.24) is 0 Å². The van der Waals surface area contributed by atoms with Gasteiger partial charge in [-0.2, -0.15) is 0 Å². The van der Waals surface area contributed by atoms with Crippen molar-refractivity contribution < 1.29 is 14.0 Å². The van der Waals surface area contributed by atoms with Gasteiger partial charge < -0.3 is 10.6 Å². The molecule has 90 valence electrons. The topological polar surface area (TPSA) is 63.4 Å². The van der Waals surface area contributed by atoms with Crippen LogP contribution < -0.4 is 10.6 Å². The summed E-state index contributed by atoms with van der Waals surface area (Å²) in [6.07, 6.45) is 0.0152. The Morgan fingerprint density at radius 3 is 2.82 bits per heavy atom. The molecule has 4 nitrogen and oxygen atoms in total. The molecule has 0 aliphatic carbocycles. The molecule has 2 amide bonds. The number of primary amides is 1. The van der Waals surface area contributed by atoms with Crippen LogP contribution in [0.1, 0.15) is 6.42 Å². The van der Waals surface area contributed by atoms with E-state index in [1.165, 1.54) is 17.0 Å². The summed E-state index contributed by atoms with van der Waals surface area (Å²) in [6, 6.07) is 4.39. The maximum atomic E-state index is 13.7. The second-order valence-corrected chi connectivity index (χ2v) is 4.29. The molecule has 0 saturated carbocycles. The zero-order valence-electron chi connectivity index (χ0n) is 8.82. The molecule has 1 unspecified atom stereocenters. The third-order valence-electron chi connectivity index (χ3n) is 2.75. The van der Waals surface area contributed by atoms with Gasteiger partial charge in [-0.05, 0) is 12.1 Å². The lowest BCUT2D eigenvalue weighted by Gasteiger charge is -2.17. The van der Waals surface area contributed by atoms with Gasteiger partial charge in [0.05, 0.1) is 16.6 Å². The van der Waals surface area contributed by atoms with Crippen molar-refractivity contribution in [3.8, 4) is 0 Å². The van der Waals surface area contributed by atoms with E-state index in [4.69, 9.17) is 17.3 Å². The van der Waals surface area contributed by atoms with E-state index in [9.17, 15) is 14.0 Å². The van der Waals surface area contributed by atoms with Crippen molar-refractivity contribution in [2.45, 2.75) is 6.42 Å². The van der Waals surface area contributed by atoms with Gasteiger partial charge in [0, 0.05) is 13.0 Å². The quantitative estimate of drug-likeness (QED) is 0.867. The minimum atomic E-state index is -0.660. The molecule has 0 aromatic heterocycles. The molecule has 2 N–H and O–H groups in total. The van der Waals surface area contributed by atoms with Crippen LogP contribution >= 0.6 is 11.6 Å². The van der Waals surface area contributed by atoms with Gasteiger partial charge in [0.2, 0.25) is 11.8 Å². The summed E-state index contributed by atoms with van der Waals surface area (Å²) in [7, 11) is 0. The Labute approximate surface area is 102 Å². The van der Waals surface area contributed by atoms with Crippen molar-refractivity contribution in [1.29, 1.82) is 0 Å². The van der Waals surface area contributed by atoms with Gasteiger partial charge in [-0.15, -0.1) is 0 Å². The van der Waals surface area contributed by atoms with Crippen LogP contribution in [0.3, 0.4) is 0 Å². The molecule has 1 aliphatic rings. The summed E-state index contributed by atoms with van der Waals surface area (Å²) < 4.78 is 13.7. The maximum absolute atomic E-state index is 13.7. The summed E-state index contributed by atoms with van der Waals surface area (Å²) in [5, 5.41) is -0.0576. The zero-order valence-corrected chi connectivity index (χ0v) is 9.58. The van der Waals surface area contributed by atoms with Gasteiger partial charge in [0.15, 0.2) is 5.82 Å². The Morgan fingerprint density at radius 1 is 1.53 bits per heavy atom. The van der Waals surface area contributed by atoms with Crippen molar-refractivity contribution in [3.63, 3.8) is 0 Å². The Morgan fingerprint density at radius 2 is 2.24 bits per heavy atom. The highest BCUT2D eigenvalue weighted by Crippen LogP contribution is 2.30. The van der Waals surface area contributed by atoms with Gasteiger partial charge in [0.1, 0.15) is 0 Å². The number of nitrogens with two attached hydrogens (primary N) is 1. The van der Waals surface area contributed by atoms with E-state index in [1.807, 2.05) is 0 Å². The van der Waals surface area contributed by atoms with E-state index >= 15 is 0 Å². The SMILES string of the molecule is NC(=O)C1CC(=O)N(c2cccc(Cl)c2F)C1. The number of hydrogen-bond donors (Lipinski definition) is 1. The predicted molar refractivity (Wildman–Crippen MR) is 61.1 cm³/mol. The van der Waals surface area contributed by atoms with Crippen LogP contribution in [0.4, 0.5) is 10.1 Å². The van der Waals surface area contributed by atoms with E-state index < -0.39 is 17.6 Å². The normalized spacial score (nSPS) is 19.8. The van der Waals surface area contributed by atoms with Gasteiger partial charge in [0.25, 0.3) is 0 Å². The van der Waals surface area contributed by atoms with Crippen LogP contribution in [0.25, 0.3) is 0 Å². The molecule has 0 bridgehead atoms. The van der Waals surface area contributed by atoms with Gasteiger partial charge in [-0.25, -0.2) is 4.39 Å². The number of nitrogens with zero attached hydrogens (tertiary/aromatic N) is 1. The summed E-state index contributed by atoms with van der Waals surface area (Å²) in [5.74, 6) is -2.10. The molecule has 1 aliphatic heterocycles. The van der Waals surface area contributed by atoms with E-state index in [-0.39, 0.29) is 29.6 Å². The highest BCUT2D eigenvalue weighted by Gasteiger charge is 2.35. The number of carbonyl (C=O) groups is 2. The van der Waals surface area contributed by atoms with Crippen molar-refractivity contribution in [2.75, 3.05) is 11.4 Å². The lowest BCUT2D eigenvalue weighted by Crippen LogP contribution is -2.29. The van der Waals surface area contributed by atoms with Crippen molar-refractivity contribution in [2.24, 2.45) is 11.7 Å². The summed E-state index contributed by atoms with van der Waals surface area (Å²) >= 11 is 5.63. The number of amides is 2. The number of halogens is 2. The lowest BCUT2D eigenvalue weighted by atomic mass is 10.1. The molecule has 1 heterocycles. The minimum absolute atomic E-state index is 0.0152. The fourth-order valence-electron chi connectivity index (χ4n) is 1.83. The number of hydrogen-bond acceptors (Lipinski definition) is 2. The van der Waals surface area contributed by atoms with Gasteiger partial charge in [-0.1, -0.05) is 17.7 Å². The van der Waals surface area contributed by atoms with Crippen LogP contribution in [0, 0.1) is 11.7 Å². The van der Waals surface area contributed by atoms with Gasteiger partial charge >= 0.3 is 0 Å². The Bertz CT molecular complexity index is 492. The molecule has 1 aromatic carbocycles. The molecular weight excluding hydrogens is 247 g/mol. The van der Waals surface area contributed by atoms with Crippen LogP contribution in [-0.4, -0.2) is 18.4 Å². The maximum Gasteiger partial charge on any atom is 0.227 e. The van der Waals surface area contributed by atoms with Crippen molar-refractivity contribution >= 4 is 29.1 Å². The standard InChI is InChI=1S/C11H10ClFN2O2/c12-7-2-1-3-8(10(7)13)15-5-6(11(14)17)4-9(15)16/h1-3,6H,4-5H2,(H2,14,17). The first-order valence-electron chi connectivity index (χ1n) is 5.04. The van der Waals surface area contributed by atoms with Crippen LogP contribution in [0.15, 0.2) is 18.2 Å². The molecule has 6 heteroatoms. The first-order valence-corrected chi connectivity index (χ1v) is 5.42. The first kappa shape index (κ1) is 11.9. The van der Waals surface area contributed by atoms with E-state index in [0.717, 1.165) is 0 Å². The monoisotopic (exact) mass is 256 g/mol. The molecule has 1 saturated heterocycles. The molecule has 1 aromatic rings. The molecule has 2 rings (SSSR count). The molecule has 0 spiro atoms. The van der Waals surface area contributed by atoms with E-state index in [0.29, 0.717) is 0 Å². The summed E-state index contributed by atoms with van der Waals surface area (Å²) in [6.45, 7) is 0.103.